The molecule has 0 fully saturated rings. The molecule has 3 rings (SSSR count). The van der Waals surface area contributed by atoms with Crippen molar-refractivity contribution in [1.82, 2.24) is 0 Å². The molecule has 1 heteroatoms. The van der Waals surface area contributed by atoms with E-state index in [0.717, 1.165) is 19.4 Å². The number of pyridine rings is 1. The normalized spacial score (nSPS) is 13.1. The average Bonchev–Trinajstić information content (AvgIpc) is 2.88. The lowest BCUT2D eigenvalue weighted by Gasteiger charge is -2.31. The number of aryl methyl sites for hydroxylation is 3. The Labute approximate surface area is 215 Å². The standard InChI is InChI=1S/C34H48N/c1-7-11-13-16-28-19-18-27(5)30(25-28)29-20-21-32(34(6,10-4)22-12-8-2)31(26-29)33-17-14-15-24-35(33)23-9-3/h14-15,17-21,24-26H,7-13,16,22-23H2,1-6H3/q+1. The van der Waals surface area contributed by atoms with Gasteiger partial charge in [0.15, 0.2) is 6.20 Å². The summed E-state index contributed by atoms with van der Waals surface area (Å²) in [5.41, 5.74) is 10.0. The molecule has 0 aliphatic carbocycles. The molecule has 0 amide bonds. The number of benzene rings is 2. The minimum atomic E-state index is 0.181. The van der Waals surface area contributed by atoms with Gasteiger partial charge in [-0.2, -0.15) is 4.57 Å². The first kappa shape index (κ1) is 27.2. The number of nitrogens with zero attached hydrogens (tertiary/aromatic N) is 1. The summed E-state index contributed by atoms with van der Waals surface area (Å²) in [6.45, 7) is 15.0. The molecule has 0 aliphatic heterocycles. The fraction of sp³-hybridized carbons (Fsp3) is 0.500. The molecule has 1 aromatic heterocycles. The zero-order valence-electron chi connectivity index (χ0n) is 23.3. The van der Waals surface area contributed by atoms with Gasteiger partial charge in [0.05, 0.1) is 5.56 Å². The van der Waals surface area contributed by atoms with Crippen molar-refractivity contribution in [3.05, 3.63) is 77.5 Å². The lowest BCUT2D eigenvalue weighted by atomic mass is 9.73. The van der Waals surface area contributed by atoms with Gasteiger partial charge >= 0.3 is 0 Å². The summed E-state index contributed by atoms with van der Waals surface area (Å²) in [5.74, 6) is 0. The molecule has 0 N–H and O–H groups in total. The average molecular weight is 471 g/mol. The van der Waals surface area contributed by atoms with E-state index in [1.165, 1.54) is 84.0 Å². The molecule has 1 atom stereocenters. The van der Waals surface area contributed by atoms with Gasteiger partial charge in [-0.1, -0.05) is 90.6 Å². The Morgan fingerprint density at radius 2 is 1.57 bits per heavy atom. The van der Waals surface area contributed by atoms with Gasteiger partial charge in [0.2, 0.25) is 5.69 Å². The summed E-state index contributed by atoms with van der Waals surface area (Å²) in [4.78, 5) is 0. The van der Waals surface area contributed by atoms with Gasteiger partial charge in [-0.15, -0.1) is 0 Å². The van der Waals surface area contributed by atoms with Crippen LogP contribution in [0.5, 0.6) is 0 Å². The molecule has 0 aliphatic rings. The van der Waals surface area contributed by atoms with Crippen LogP contribution in [0.4, 0.5) is 0 Å². The van der Waals surface area contributed by atoms with Crippen LogP contribution >= 0.6 is 0 Å². The molecule has 188 valence electrons. The van der Waals surface area contributed by atoms with Crippen molar-refractivity contribution in [2.24, 2.45) is 0 Å². The number of hydrogen-bond acceptors (Lipinski definition) is 0. The van der Waals surface area contributed by atoms with Gasteiger partial charge in [0.1, 0.15) is 6.54 Å². The van der Waals surface area contributed by atoms with Crippen molar-refractivity contribution in [3.8, 4) is 22.4 Å². The molecule has 0 saturated carbocycles. The van der Waals surface area contributed by atoms with Crippen molar-refractivity contribution in [1.29, 1.82) is 0 Å². The number of hydrogen-bond donors (Lipinski definition) is 0. The quantitative estimate of drug-likeness (QED) is 0.173. The number of rotatable bonds is 13. The maximum absolute atomic E-state index is 2.49. The highest BCUT2D eigenvalue weighted by Crippen LogP contribution is 2.41. The van der Waals surface area contributed by atoms with Crippen LogP contribution < -0.4 is 4.57 Å². The largest absolute Gasteiger partial charge is 0.212 e. The predicted molar refractivity (Wildman–Crippen MR) is 153 cm³/mol. The zero-order chi connectivity index (χ0) is 25.3. The molecular formula is C34H48N+. The van der Waals surface area contributed by atoms with E-state index in [2.05, 4.69) is 107 Å². The minimum Gasteiger partial charge on any atom is -0.198 e. The van der Waals surface area contributed by atoms with Crippen LogP contribution in [0.2, 0.25) is 0 Å². The summed E-state index contributed by atoms with van der Waals surface area (Å²) in [5, 5.41) is 0. The van der Waals surface area contributed by atoms with E-state index < -0.39 is 0 Å². The summed E-state index contributed by atoms with van der Waals surface area (Å²) in [6.07, 6.45) is 13.3. The van der Waals surface area contributed by atoms with Gasteiger partial charge in [-0.05, 0) is 78.0 Å². The van der Waals surface area contributed by atoms with Crippen molar-refractivity contribution < 1.29 is 4.57 Å². The second-order valence-corrected chi connectivity index (χ2v) is 10.7. The third-order valence-corrected chi connectivity index (χ3v) is 7.90. The molecule has 2 aromatic carbocycles. The predicted octanol–water partition coefficient (Wildman–Crippen LogP) is 9.62. The second kappa shape index (κ2) is 13.1. The number of aromatic nitrogens is 1. The van der Waals surface area contributed by atoms with Crippen LogP contribution in [0.25, 0.3) is 22.4 Å². The van der Waals surface area contributed by atoms with E-state index in [4.69, 9.17) is 0 Å². The molecule has 35 heavy (non-hydrogen) atoms. The molecule has 0 bridgehead atoms. The summed E-state index contributed by atoms with van der Waals surface area (Å²) in [7, 11) is 0. The smallest absolute Gasteiger partial charge is 0.198 e. The highest BCUT2D eigenvalue weighted by atomic mass is 14.9. The van der Waals surface area contributed by atoms with Crippen LogP contribution in [-0.4, -0.2) is 0 Å². The van der Waals surface area contributed by atoms with Gasteiger partial charge in [-0.3, -0.25) is 0 Å². The Balaban J connectivity index is 2.18. The van der Waals surface area contributed by atoms with Crippen molar-refractivity contribution in [2.45, 2.75) is 111 Å². The lowest BCUT2D eigenvalue weighted by molar-refractivity contribution is -0.686. The van der Waals surface area contributed by atoms with E-state index in [1.54, 1.807) is 0 Å². The monoisotopic (exact) mass is 470 g/mol. The van der Waals surface area contributed by atoms with E-state index in [1.807, 2.05) is 0 Å². The van der Waals surface area contributed by atoms with E-state index >= 15 is 0 Å². The maximum atomic E-state index is 2.49. The molecular weight excluding hydrogens is 422 g/mol. The SMILES string of the molecule is CCCCCc1ccc(C)c(-c2ccc(C(C)(CC)CCCC)c(-c3cccc[n+]3CCC)c2)c1. The summed E-state index contributed by atoms with van der Waals surface area (Å²) < 4.78 is 2.45. The van der Waals surface area contributed by atoms with Crippen LogP contribution in [-0.2, 0) is 18.4 Å². The van der Waals surface area contributed by atoms with Gasteiger partial charge < -0.3 is 0 Å². The fourth-order valence-corrected chi connectivity index (χ4v) is 5.39. The highest BCUT2D eigenvalue weighted by molar-refractivity contribution is 5.76. The molecule has 0 spiro atoms. The van der Waals surface area contributed by atoms with Crippen LogP contribution in [0.3, 0.4) is 0 Å². The topological polar surface area (TPSA) is 3.88 Å². The van der Waals surface area contributed by atoms with Crippen molar-refractivity contribution in [3.63, 3.8) is 0 Å². The molecule has 1 unspecified atom stereocenters. The van der Waals surface area contributed by atoms with Crippen molar-refractivity contribution in [2.75, 3.05) is 0 Å². The van der Waals surface area contributed by atoms with Crippen molar-refractivity contribution >= 4 is 0 Å². The highest BCUT2D eigenvalue weighted by Gasteiger charge is 2.30. The molecule has 0 radical (unpaired) electrons. The number of unbranched alkanes of at least 4 members (excludes halogenated alkanes) is 3. The Hall–Kier alpha value is -2.41. The maximum Gasteiger partial charge on any atom is 0.212 e. The Bertz CT molecular complexity index is 1080. The first-order chi connectivity index (χ1) is 17.0. The van der Waals surface area contributed by atoms with E-state index in [-0.39, 0.29) is 5.41 Å². The van der Waals surface area contributed by atoms with Crippen LogP contribution in [0, 0.1) is 6.92 Å². The van der Waals surface area contributed by atoms with E-state index in [0.29, 0.717) is 0 Å². The van der Waals surface area contributed by atoms with Gasteiger partial charge in [0.25, 0.3) is 0 Å². The van der Waals surface area contributed by atoms with Gasteiger partial charge in [0, 0.05) is 18.6 Å². The molecule has 1 nitrogen and oxygen atoms in total. The minimum absolute atomic E-state index is 0.181. The third-order valence-electron chi connectivity index (χ3n) is 7.90. The summed E-state index contributed by atoms with van der Waals surface area (Å²) in [6, 6.07) is 21.1. The third kappa shape index (κ3) is 6.63. The fourth-order valence-electron chi connectivity index (χ4n) is 5.39. The molecule has 0 saturated heterocycles. The molecule has 3 aromatic rings. The Kier molecular flexibility index (Phi) is 10.1. The van der Waals surface area contributed by atoms with Gasteiger partial charge in [-0.25, -0.2) is 0 Å². The first-order valence-electron chi connectivity index (χ1n) is 14.2. The van der Waals surface area contributed by atoms with E-state index in [9.17, 15) is 0 Å². The van der Waals surface area contributed by atoms with Crippen LogP contribution in [0.15, 0.2) is 60.8 Å². The molecule has 1 heterocycles. The second-order valence-electron chi connectivity index (χ2n) is 10.7. The van der Waals surface area contributed by atoms with Crippen LogP contribution in [0.1, 0.15) is 103 Å². The first-order valence-corrected chi connectivity index (χ1v) is 14.2. The lowest BCUT2D eigenvalue weighted by Crippen LogP contribution is -2.36. The zero-order valence-corrected chi connectivity index (χ0v) is 23.3. The Morgan fingerprint density at radius 1 is 0.771 bits per heavy atom. The summed E-state index contributed by atoms with van der Waals surface area (Å²) >= 11 is 0. The Morgan fingerprint density at radius 3 is 2.29 bits per heavy atom.